The first-order chi connectivity index (χ1) is 15.4. The maximum atomic E-state index is 12.9. The Morgan fingerprint density at radius 2 is 1.97 bits per heavy atom. The number of Topliss-reactive ketones (excluding diaryl/α,β-unsaturated/α-hetero) is 1. The van der Waals surface area contributed by atoms with Gasteiger partial charge in [0.25, 0.3) is 0 Å². The Labute approximate surface area is 186 Å². The number of aromatic nitrogens is 1. The number of H-pyrrole nitrogens is 1. The van der Waals surface area contributed by atoms with Gasteiger partial charge in [0.05, 0.1) is 12.0 Å². The summed E-state index contributed by atoms with van der Waals surface area (Å²) in [6.07, 6.45) is 4.51. The van der Waals surface area contributed by atoms with Gasteiger partial charge in [-0.15, -0.1) is 0 Å². The maximum Gasteiger partial charge on any atom is 0.328 e. The monoisotopic (exact) mass is 430 g/mol. The summed E-state index contributed by atoms with van der Waals surface area (Å²) in [4.78, 5) is 29.7. The van der Waals surface area contributed by atoms with Gasteiger partial charge in [-0.1, -0.05) is 24.3 Å². The van der Waals surface area contributed by atoms with Crippen molar-refractivity contribution in [2.75, 3.05) is 13.1 Å². The Morgan fingerprint density at radius 1 is 1.19 bits per heavy atom. The molecule has 5 rings (SSSR count). The van der Waals surface area contributed by atoms with Gasteiger partial charge in [0.1, 0.15) is 11.4 Å². The second-order valence-electron chi connectivity index (χ2n) is 8.84. The third-order valence-electron chi connectivity index (χ3n) is 6.79. The lowest BCUT2D eigenvalue weighted by atomic mass is 9.81. The van der Waals surface area contributed by atoms with E-state index >= 15 is 0 Å². The van der Waals surface area contributed by atoms with E-state index in [0.29, 0.717) is 23.3 Å². The molecule has 0 saturated carbocycles. The van der Waals surface area contributed by atoms with E-state index in [1.807, 2.05) is 6.07 Å². The highest BCUT2D eigenvalue weighted by Crippen LogP contribution is 2.41. The average Bonchev–Trinajstić information content (AvgIpc) is 3.22. The first kappa shape index (κ1) is 20.5. The molecule has 0 amide bonds. The lowest BCUT2D eigenvalue weighted by molar-refractivity contribution is -0.131. The van der Waals surface area contributed by atoms with Crippen molar-refractivity contribution in [3.8, 4) is 5.75 Å². The van der Waals surface area contributed by atoms with Crippen LogP contribution in [0.15, 0.2) is 54.6 Å². The number of hydrogen-bond acceptors (Lipinski definition) is 4. The third kappa shape index (κ3) is 3.82. The number of ether oxygens (including phenoxy) is 1. The number of hydrogen-bond donors (Lipinski definition) is 2. The Balaban J connectivity index is 1.29. The molecule has 2 aliphatic rings. The fourth-order valence-corrected chi connectivity index (χ4v) is 4.90. The number of carboxylic acids is 1. The number of nitrogens with one attached hydrogen (secondary N) is 1. The van der Waals surface area contributed by atoms with E-state index in [1.54, 1.807) is 18.2 Å². The molecule has 0 radical (unpaired) electrons. The summed E-state index contributed by atoms with van der Waals surface area (Å²) in [5, 5.41) is 10.0. The number of benzene rings is 2. The van der Waals surface area contributed by atoms with Gasteiger partial charge < -0.3 is 14.8 Å². The summed E-state index contributed by atoms with van der Waals surface area (Å²) in [6.45, 7) is 3.94. The van der Waals surface area contributed by atoms with Crippen LogP contribution in [0, 0.1) is 0 Å². The molecule has 1 spiro atoms. The van der Waals surface area contributed by atoms with Crippen LogP contribution in [-0.2, 0) is 4.79 Å². The lowest BCUT2D eigenvalue weighted by Crippen LogP contribution is -2.51. The van der Waals surface area contributed by atoms with E-state index in [1.165, 1.54) is 17.2 Å². The van der Waals surface area contributed by atoms with Crippen molar-refractivity contribution in [2.24, 2.45) is 0 Å². The van der Waals surface area contributed by atoms with Gasteiger partial charge >= 0.3 is 5.97 Å². The molecule has 2 aromatic carbocycles. The van der Waals surface area contributed by atoms with E-state index in [-0.39, 0.29) is 11.8 Å². The fraction of sp³-hybridized carbons (Fsp3) is 0.308. The highest BCUT2D eigenvalue weighted by Gasteiger charge is 2.43. The van der Waals surface area contributed by atoms with Crippen LogP contribution in [0.1, 0.15) is 53.8 Å². The molecule has 6 nitrogen and oxygen atoms in total. The normalized spacial score (nSPS) is 19.2. The highest BCUT2D eigenvalue weighted by molar-refractivity contribution is 6.01. The summed E-state index contributed by atoms with van der Waals surface area (Å²) in [6, 6.07) is 16.1. The van der Waals surface area contributed by atoms with Crippen molar-refractivity contribution in [1.82, 2.24) is 9.88 Å². The summed E-state index contributed by atoms with van der Waals surface area (Å²) < 4.78 is 6.40. The first-order valence-electron chi connectivity index (χ1n) is 11.0. The summed E-state index contributed by atoms with van der Waals surface area (Å²) in [7, 11) is 0. The molecule has 3 heterocycles. The van der Waals surface area contributed by atoms with E-state index < -0.39 is 11.6 Å². The minimum Gasteiger partial charge on any atom is -0.486 e. The van der Waals surface area contributed by atoms with Gasteiger partial charge in [-0.3, -0.25) is 9.69 Å². The summed E-state index contributed by atoms with van der Waals surface area (Å²) in [5.41, 5.74) is 3.12. The molecule has 2 aliphatic heterocycles. The molecular formula is C26H26N2O4. The van der Waals surface area contributed by atoms with Crippen LogP contribution in [0.4, 0.5) is 0 Å². The lowest BCUT2D eigenvalue weighted by Gasteiger charge is -2.45. The van der Waals surface area contributed by atoms with Gasteiger partial charge in [-0.05, 0) is 48.2 Å². The number of aliphatic carboxylic acids is 1. The minimum absolute atomic E-state index is 0.0638. The summed E-state index contributed by atoms with van der Waals surface area (Å²) in [5.74, 6) is -0.350. The number of carboxylic acid groups (broad SMARTS) is 1. The van der Waals surface area contributed by atoms with Gasteiger partial charge in [0.15, 0.2) is 5.78 Å². The van der Waals surface area contributed by atoms with E-state index in [0.717, 1.165) is 37.5 Å². The Morgan fingerprint density at radius 3 is 2.72 bits per heavy atom. The van der Waals surface area contributed by atoms with E-state index in [9.17, 15) is 9.59 Å². The van der Waals surface area contributed by atoms with Crippen LogP contribution >= 0.6 is 0 Å². The van der Waals surface area contributed by atoms with Crippen LogP contribution in [0.5, 0.6) is 5.75 Å². The van der Waals surface area contributed by atoms with Gasteiger partial charge in [-0.2, -0.15) is 0 Å². The van der Waals surface area contributed by atoms with Crippen LogP contribution in [-0.4, -0.2) is 45.4 Å². The number of para-hydroxylation sites is 1. The minimum atomic E-state index is -1.02. The van der Waals surface area contributed by atoms with Crippen LogP contribution in [0.25, 0.3) is 17.0 Å². The molecule has 6 heteroatoms. The standard InChI is InChI=1S/C26H26N2O4/c1-17(22-15-19-4-2-3-5-21(19)27-22)28-12-10-26(11-13-28)16-23(29)20-14-18(7-9-25(30)31)6-8-24(20)32-26/h2-9,14-15,17,27H,10-13,16H2,1H3,(H,30,31). The van der Waals surface area contributed by atoms with Crippen LogP contribution in [0.2, 0.25) is 0 Å². The van der Waals surface area contributed by atoms with Crippen molar-refractivity contribution in [2.45, 2.75) is 37.8 Å². The molecule has 1 unspecified atom stereocenters. The van der Waals surface area contributed by atoms with Crippen LogP contribution < -0.4 is 4.74 Å². The number of aromatic amines is 1. The van der Waals surface area contributed by atoms with Crippen molar-refractivity contribution < 1.29 is 19.4 Å². The van der Waals surface area contributed by atoms with Crippen molar-refractivity contribution >= 4 is 28.7 Å². The second kappa shape index (κ2) is 7.95. The number of fused-ring (bicyclic) bond motifs is 2. The second-order valence-corrected chi connectivity index (χ2v) is 8.84. The van der Waals surface area contributed by atoms with Crippen molar-refractivity contribution in [3.05, 3.63) is 71.4 Å². The quantitative estimate of drug-likeness (QED) is 0.580. The largest absolute Gasteiger partial charge is 0.486 e. The fourth-order valence-electron chi connectivity index (χ4n) is 4.90. The zero-order chi connectivity index (χ0) is 22.3. The molecule has 1 aromatic heterocycles. The van der Waals surface area contributed by atoms with E-state index in [4.69, 9.17) is 9.84 Å². The Hall–Kier alpha value is -3.38. The number of carbonyl (C=O) groups excluding carboxylic acids is 1. The van der Waals surface area contributed by atoms with Crippen LogP contribution in [0.3, 0.4) is 0 Å². The number of likely N-dealkylation sites (tertiary alicyclic amines) is 1. The summed E-state index contributed by atoms with van der Waals surface area (Å²) >= 11 is 0. The smallest absolute Gasteiger partial charge is 0.328 e. The van der Waals surface area contributed by atoms with Crippen molar-refractivity contribution in [1.29, 1.82) is 0 Å². The van der Waals surface area contributed by atoms with Gasteiger partial charge in [-0.25, -0.2) is 4.79 Å². The SMILES string of the molecule is CC(c1cc2ccccc2[nH]1)N1CCC2(CC1)CC(=O)c1cc(C=CC(=O)O)ccc1O2. The zero-order valence-electron chi connectivity index (χ0n) is 18.0. The number of nitrogens with zero attached hydrogens (tertiary/aromatic N) is 1. The average molecular weight is 431 g/mol. The maximum absolute atomic E-state index is 12.9. The topological polar surface area (TPSA) is 82.6 Å². The number of rotatable bonds is 4. The van der Waals surface area contributed by atoms with Gasteiger partial charge in [0.2, 0.25) is 0 Å². The Kier molecular flexibility index (Phi) is 5.10. The molecule has 0 aliphatic carbocycles. The molecule has 0 bridgehead atoms. The van der Waals surface area contributed by atoms with Crippen molar-refractivity contribution in [3.63, 3.8) is 0 Å². The highest BCUT2D eigenvalue weighted by atomic mass is 16.5. The predicted octanol–water partition coefficient (Wildman–Crippen LogP) is 4.83. The zero-order valence-corrected chi connectivity index (χ0v) is 18.0. The molecule has 164 valence electrons. The molecule has 1 saturated heterocycles. The molecule has 2 N–H and O–H groups in total. The number of piperidine rings is 1. The Bertz CT molecular complexity index is 1180. The molecule has 1 fully saturated rings. The third-order valence-corrected chi connectivity index (χ3v) is 6.79. The molecule has 3 aromatic rings. The molecule has 32 heavy (non-hydrogen) atoms. The van der Waals surface area contributed by atoms with Gasteiger partial charge in [0, 0.05) is 49.3 Å². The van der Waals surface area contributed by atoms with E-state index in [2.05, 4.69) is 41.1 Å². The predicted molar refractivity (Wildman–Crippen MR) is 123 cm³/mol. The number of carbonyl (C=O) groups is 2. The number of ketones is 1. The first-order valence-corrected chi connectivity index (χ1v) is 11.0. The molecular weight excluding hydrogens is 404 g/mol. The molecule has 1 atom stereocenters.